The summed E-state index contributed by atoms with van der Waals surface area (Å²) in [6.07, 6.45) is -0.468. The van der Waals surface area contributed by atoms with Crippen LogP contribution in [0.3, 0.4) is 0 Å². The second-order valence-electron chi connectivity index (χ2n) is 4.78. The van der Waals surface area contributed by atoms with Crippen LogP contribution in [-0.4, -0.2) is 19.0 Å². The number of hydrogen-bond acceptors (Lipinski definition) is 3. The second-order valence-corrected chi connectivity index (χ2v) is 4.78. The molecule has 22 heavy (non-hydrogen) atoms. The van der Waals surface area contributed by atoms with Gasteiger partial charge in [0.1, 0.15) is 0 Å². The van der Waals surface area contributed by atoms with E-state index in [1.165, 1.54) is 12.1 Å². The lowest BCUT2D eigenvalue weighted by Crippen LogP contribution is -2.05. The number of ketones is 1. The van der Waals surface area contributed by atoms with Crippen molar-refractivity contribution in [3.8, 4) is 0 Å². The first-order chi connectivity index (χ1) is 10.6. The van der Waals surface area contributed by atoms with E-state index in [0.29, 0.717) is 25.3 Å². The van der Waals surface area contributed by atoms with Crippen molar-refractivity contribution in [2.24, 2.45) is 0 Å². The van der Waals surface area contributed by atoms with Crippen LogP contribution < -0.4 is 0 Å². The molecule has 0 radical (unpaired) electrons. The average Bonchev–Trinajstić information content (AvgIpc) is 3.06. The van der Waals surface area contributed by atoms with Gasteiger partial charge in [-0.3, -0.25) is 4.79 Å². The van der Waals surface area contributed by atoms with Gasteiger partial charge in [0.15, 0.2) is 29.5 Å². The summed E-state index contributed by atoms with van der Waals surface area (Å²) in [4.78, 5) is 12.2. The lowest BCUT2D eigenvalue weighted by atomic mass is 10.0. The van der Waals surface area contributed by atoms with Gasteiger partial charge in [-0.1, -0.05) is 24.3 Å². The zero-order chi connectivity index (χ0) is 15.7. The van der Waals surface area contributed by atoms with Crippen LogP contribution >= 0.6 is 0 Å². The molecule has 1 aliphatic heterocycles. The number of rotatable bonds is 3. The molecule has 0 saturated carbocycles. The van der Waals surface area contributed by atoms with Gasteiger partial charge >= 0.3 is 0 Å². The molecule has 3 nitrogen and oxygen atoms in total. The standard InChI is InChI=1S/C16H11F3O3/c17-12-7-11(8-13(18)14(12)19)15(20)9-1-3-10(4-2-9)16-21-5-6-22-16/h1-4,7-8,16H,5-6H2. The maximum atomic E-state index is 13.2. The van der Waals surface area contributed by atoms with Crippen molar-refractivity contribution in [1.29, 1.82) is 0 Å². The fraction of sp³-hybridized carbons (Fsp3) is 0.188. The van der Waals surface area contributed by atoms with Crippen LogP contribution in [0, 0.1) is 17.5 Å². The van der Waals surface area contributed by atoms with E-state index in [4.69, 9.17) is 9.47 Å². The summed E-state index contributed by atoms with van der Waals surface area (Å²) in [6.45, 7) is 0.999. The van der Waals surface area contributed by atoms with Crippen molar-refractivity contribution < 1.29 is 27.4 Å². The van der Waals surface area contributed by atoms with E-state index in [9.17, 15) is 18.0 Å². The number of hydrogen-bond donors (Lipinski definition) is 0. The van der Waals surface area contributed by atoms with Crippen LogP contribution in [0.2, 0.25) is 0 Å². The van der Waals surface area contributed by atoms with Gasteiger partial charge in [-0.05, 0) is 12.1 Å². The number of ether oxygens (including phenoxy) is 2. The molecule has 0 spiro atoms. The number of carbonyl (C=O) groups excluding carboxylic acids is 1. The third kappa shape index (κ3) is 2.75. The predicted octanol–water partition coefficient (Wildman–Crippen LogP) is 3.38. The summed E-state index contributed by atoms with van der Waals surface area (Å²) < 4.78 is 49.9. The molecule has 0 amide bonds. The fourth-order valence-corrected chi connectivity index (χ4v) is 2.20. The molecule has 114 valence electrons. The minimum absolute atomic E-state index is 0.229. The van der Waals surface area contributed by atoms with Gasteiger partial charge in [-0.15, -0.1) is 0 Å². The Morgan fingerprint density at radius 3 is 2.00 bits per heavy atom. The second kappa shape index (κ2) is 5.90. The van der Waals surface area contributed by atoms with Gasteiger partial charge in [-0.25, -0.2) is 13.2 Å². The molecular formula is C16H11F3O3. The van der Waals surface area contributed by atoms with Crippen LogP contribution in [-0.2, 0) is 9.47 Å². The normalized spacial score (nSPS) is 15.2. The van der Waals surface area contributed by atoms with Gasteiger partial charge in [0.2, 0.25) is 0 Å². The Balaban J connectivity index is 1.86. The topological polar surface area (TPSA) is 35.5 Å². The highest BCUT2D eigenvalue weighted by Gasteiger charge is 2.20. The molecule has 0 atom stereocenters. The largest absolute Gasteiger partial charge is 0.346 e. The maximum Gasteiger partial charge on any atom is 0.194 e. The Labute approximate surface area is 124 Å². The van der Waals surface area contributed by atoms with Gasteiger partial charge in [0.25, 0.3) is 0 Å². The SMILES string of the molecule is O=C(c1ccc(C2OCCO2)cc1)c1cc(F)c(F)c(F)c1. The van der Waals surface area contributed by atoms with Crippen LogP contribution in [0.25, 0.3) is 0 Å². The van der Waals surface area contributed by atoms with Crippen molar-refractivity contribution in [2.75, 3.05) is 13.2 Å². The quantitative estimate of drug-likeness (QED) is 0.644. The highest BCUT2D eigenvalue weighted by molar-refractivity contribution is 6.09. The Morgan fingerprint density at radius 2 is 1.45 bits per heavy atom. The Kier molecular flexibility index (Phi) is 3.96. The summed E-state index contributed by atoms with van der Waals surface area (Å²) in [7, 11) is 0. The van der Waals surface area contributed by atoms with Crippen molar-refractivity contribution >= 4 is 5.78 Å². The first-order valence-corrected chi connectivity index (χ1v) is 6.58. The van der Waals surface area contributed by atoms with Crippen molar-refractivity contribution in [3.05, 3.63) is 70.5 Å². The minimum atomic E-state index is -1.59. The fourth-order valence-electron chi connectivity index (χ4n) is 2.20. The zero-order valence-corrected chi connectivity index (χ0v) is 11.3. The summed E-state index contributed by atoms with van der Waals surface area (Å²) in [5.74, 6) is -4.99. The van der Waals surface area contributed by atoms with Crippen LogP contribution in [0.4, 0.5) is 13.2 Å². The molecule has 0 unspecified atom stereocenters. The molecule has 6 heteroatoms. The minimum Gasteiger partial charge on any atom is -0.346 e. The highest BCUT2D eigenvalue weighted by atomic mass is 19.2. The Bertz CT molecular complexity index is 684. The summed E-state index contributed by atoms with van der Waals surface area (Å²) >= 11 is 0. The molecule has 1 saturated heterocycles. The summed E-state index contributed by atoms with van der Waals surface area (Å²) in [5, 5.41) is 0. The zero-order valence-electron chi connectivity index (χ0n) is 11.3. The Hall–Kier alpha value is -2.18. The van der Waals surface area contributed by atoms with Crippen molar-refractivity contribution in [3.63, 3.8) is 0 Å². The van der Waals surface area contributed by atoms with Crippen LogP contribution in [0.5, 0.6) is 0 Å². The van der Waals surface area contributed by atoms with E-state index >= 15 is 0 Å². The number of benzene rings is 2. The Morgan fingerprint density at radius 1 is 0.909 bits per heavy atom. The first-order valence-electron chi connectivity index (χ1n) is 6.58. The van der Waals surface area contributed by atoms with E-state index in [0.717, 1.165) is 5.56 Å². The third-order valence-electron chi connectivity index (χ3n) is 3.31. The molecular weight excluding hydrogens is 297 g/mol. The lowest BCUT2D eigenvalue weighted by Gasteiger charge is -2.10. The van der Waals surface area contributed by atoms with Gasteiger partial charge < -0.3 is 9.47 Å². The van der Waals surface area contributed by atoms with Crippen LogP contribution in [0.1, 0.15) is 27.8 Å². The van der Waals surface area contributed by atoms with E-state index in [2.05, 4.69) is 0 Å². The van der Waals surface area contributed by atoms with Crippen molar-refractivity contribution in [2.45, 2.75) is 6.29 Å². The molecule has 2 aromatic rings. The molecule has 3 rings (SSSR count). The van der Waals surface area contributed by atoms with Gasteiger partial charge in [0, 0.05) is 16.7 Å². The molecule has 0 N–H and O–H groups in total. The predicted molar refractivity (Wildman–Crippen MR) is 70.8 cm³/mol. The van der Waals surface area contributed by atoms with E-state index in [1.807, 2.05) is 0 Å². The van der Waals surface area contributed by atoms with E-state index < -0.39 is 29.5 Å². The number of halogens is 3. The molecule has 1 heterocycles. The monoisotopic (exact) mass is 308 g/mol. The highest BCUT2D eigenvalue weighted by Crippen LogP contribution is 2.24. The smallest absolute Gasteiger partial charge is 0.194 e. The molecule has 1 aliphatic rings. The molecule has 1 fully saturated rings. The maximum absolute atomic E-state index is 13.2. The van der Waals surface area contributed by atoms with E-state index in [1.54, 1.807) is 12.1 Å². The summed E-state index contributed by atoms with van der Waals surface area (Å²) in [6, 6.07) is 7.64. The van der Waals surface area contributed by atoms with Gasteiger partial charge in [-0.2, -0.15) is 0 Å². The van der Waals surface area contributed by atoms with E-state index in [-0.39, 0.29) is 11.1 Å². The molecule has 2 aromatic carbocycles. The average molecular weight is 308 g/mol. The third-order valence-corrected chi connectivity index (χ3v) is 3.31. The first kappa shape index (κ1) is 14.7. The number of carbonyl (C=O) groups is 1. The molecule has 0 bridgehead atoms. The molecule has 0 aromatic heterocycles. The van der Waals surface area contributed by atoms with Gasteiger partial charge in [0.05, 0.1) is 13.2 Å². The van der Waals surface area contributed by atoms with Crippen LogP contribution in [0.15, 0.2) is 36.4 Å². The molecule has 0 aliphatic carbocycles. The summed E-state index contributed by atoms with van der Waals surface area (Å²) in [5.41, 5.74) is 0.718. The lowest BCUT2D eigenvalue weighted by molar-refractivity contribution is -0.0441. The van der Waals surface area contributed by atoms with Crippen molar-refractivity contribution in [1.82, 2.24) is 0 Å².